The zero-order valence-corrected chi connectivity index (χ0v) is 94.3. The molecule has 0 unspecified atom stereocenters. The molecule has 0 bridgehead atoms. The Labute approximate surface area is 931 Å². The number of benzene rings is 18. The normalized spacial score (nSPS) is 10.5. The molecule has 18 aromatic carbocycles. The van der Waals surface area contributed by atoms with E-state index in [0.29, 0.717) is 17.0 Å². The Bertz CT molecular complexity index is 8400. The summed E-state index contributed by atoms with van der Waals surface area (Å²) in [6, 6.07) is 139. The Balaban J connectivity index is 0.000000127. The third-order valence-corrected chi connectivity index (χ3v) is 28.6. The second kappa shape index (κ2) is 51.1. The van der Waals surface area contributed by atoms with Gasteiger partial charge in [-0.1, -0.05) is 273 Å². The van der Waals surface area contributed by atoms with Gasteiger partial charge in [0.1, 0.15) is 49.0 Å². The summed E-state index contributed by atoms with van der Waals surface area (Å²) < 4.78 is 38.5. The molecular formula is C120H79BeF2N9O5S8Zn3+2. The van der Waals surface area contributed by atoms with E-state index in [-0.39, 0.29) is 103 Å². The number of phenolic OH excluding ortho intramolecular Hbond substituents is 2. The Morgan fingerprint density at radius 2 is 0.730 bits per heavy atom. The van der Waals surface area contributed by atoms with Gasteiger partial charge in [-0.25, -0.2) is 38.7 Å². The predicted molar refractivity (Wildman–Crippen MR) is 594 cm³/mol. The summed E-state index contributed by atoms with van der Waals surface area (Å²) in [6.45, 7) is 0. The number of fused-ring (bicyclic) bond motifs is 8. The van der Waals surface area contributed by atoms with E-state index in [0.717, 1.165) is 182 Å². The largest absolute Gasteiger partial charge is 2.00 e. The number of hydrogen-bond donors (Lipinski definition) is 2. The van der Waals surface area contributed by atoms with Crippen molar-refractivity contribution in [3.8, 4) is 127 Å². The molecule has 0 saturated heterocycles. The monoisotopic (exact) mass is 2220 g/mol. The maximum atomic E-state index is 13.1. The fourth-order valence-corrected chi connectivity index (χ4v) is 20.9. The Morgan fingerprint density at radius 3 is 1.24 bits per heavy atom. The van der Waals surface area contributed by atoms with Gasteiger partial charge in [0, 0.05) is 54.3 Å². The van der Waals surface area contributed by atoms with E-state index in [9.17, 15) is 29.2 Å². The number of halogens is 2. The minimum absolute atomic E-state index is 0. The number of oxazole rings is 1. The molecule has 702 valence electrons. The van der Waals surface area contributed by atoms with Crippen molar-refractivity contribution in [2.24, 2.45) is 0 Å². The number of H-pyrrole nitrogens is 2. The first-order valence-electron chi connectivity index (χ1n) is 45.3. The zero-order valence-electron chi connectivity index (χ0n) is 78.9. The van der Waals surface area contributed by atoms with Crippen LogP contribution in [0, 0.1) is 11.6 Å². The molecule has 0 aliphatic rings. The number of phenols is 2. The standard InChI is InChI=1S/2C19H12FNS2.C19H14N2O.C15H11NS.C13H9NO2.C13H9NOS.C13H9NS2.C9H7NO.Be.3Zn/c2*20-14-8-5-12(6-9-14)13-7-10-17(22)15(11-13)19-21-16-3-1-2-4-18(16)23-19;22-18-13-7-4-10-15(18)19-20-16-11-5-6-12-17(16)21(19)14-8-2-1-3-9-14;17-14-8-4-3-7-13(14)15-12-6-2-1-5-11(12)9-10-16-15;3*15-11-7-3-1-5-9(11)13-14-10-6-2-4-8-12(10)16-13;11-8-5-1-3-7-4-2-6-10-9(7)8;;;;/h2*1-11,22H;1-13,22H;1-10,17H;3*1-8,15H;1-6,11H;;;;/q;;;;;;;;+2;;2*+2/p-4. The number of nitrogens with zero attached hydrogens (tertiary/aromatic N) is 7. The topological polar surface area (TPSA) is 210 Å². The van der Waals surface area contributed by atoms with Crippen LogP contribution < -0.4 is 20.2 Å². The zero-order chi connectivity index (χ0) is 98.8. The molecule has 14 nitrogen and oxygen atoms in total. The average molecular weight is 2230 g/mol. The number of aromatic nitrogens is 9. The van der Waals surface area contributed by atoms with Gasteiger partial charge in [0.2, 0.25) is 16.6 Å². The molecule has 28 heteroatoms. The molecule has 0 aliphatic heterocycles. The number of aromatic hydroxyl groups is 2. The molecular weight excluding hydrogens is 2150 g/mol. The van der Waals surface area contributed by atoms with Crippen molar-refractivity contribution >= 4 is 191 Å². The van der Waals surface area contributed by atoms with Gasteiger partial charge in [-0.2, -0.15) is 24.6 Å². The number of nitrogens with one attached hydrogen (secondary N) is 2. The number of para-hydroxylation sites is 13. The van der Waals surface area contributed by atoms with Crippen LogP contribution in [0.25, 0.3) is 189 Å². The first kappa shape index (κ1) is 107. The molecule has 0 amide bonds. The van der Waals surface area contributed by atoms with Gasteiger partial charge in [0.15, 0.2) is 6.20 Å². The van der Waals surface area contributed by atoms with E-state index in [1.54, 1.807) is 112 Å². The van der Waals surface area contributed by atoms with E-state index in [2.05, 4.69) is 69.8 Å². The average Bonchev–Trinajstić information content (AvgIpc) is 1.60. The number of pyridine rings is 2. The molecule has 0 atom stereocenters. The summed E-state index contributed by atoms with van der Waals surface area (Å²) in [5.74, 6) is 1.29. The van der Waals surface area contributed by atoms with Gasteiger partial charge in [0.05, 0.1) is 74.3 Å². The fourth-order valence-electron chi connectivity index (χ4n) is 15.8. The first-order valence-corrected chi connectivity index (χ1v) is 50.2. The summed E-state index contributed by atoms with van der Waals surface area (Å²) in [7, 11) is 0. The fraction of sp³-hybridized carbons (Fsp3) is 0. The molecule has 0 spiro atoms. The van der Waals surface area contributed by atoms with Crippen LogP contribution in [0.3, 0.4) is 0 Å². The number of imidazole rings is 1. The van der Waals surface area contributed by atoms with Gasteiger partial charge in [-0.15, -0.1) is 45.3 Å². The van der Waals surface area contributed by atoms with Gasteiger partial charge in [-0.3, -0.25) is 9.55 Å². The smallest absolute Gasteiger partial charge is 0.872 e. The van der Waals surface area contributed by atoms with E-state index < -0.39 is 0 Å². The van der Waals surface area contributed by atoms with Crippen molar-refractivity contribution in [3.05, 3.63) is 467 Å². The minimum atomic E-state index is -0.236. The second-order valence-electron chi connectivity index (χ2n) is 32.3. The van der Waals surface area contributed by atoms with Gasteiger partial charge in [-0.05, 0) is 219 Å². The summed E-state index contributed by atoms with van der Waals surface area (Å²) in [5.41, 5.74) is 20.2. The number of aromatic amines is 2. The molecule has 26 rings (SSSR count). The molecule has 0 saturated carbocycles. The van der Waals surface area contributed by atoms with Crippen molar-refractivity contribution in [2.45, 2.75) is 19.6 Å². The Hall–Kier alpha value is -14.7. The number of thiazole rings is 4. The van der Waals surface area contributed by atoms with E-state index in [4.69, 9.17) is 59.9 Å². The third-order valence-electron chi connectivity index (χ3n) is 22.9. The van der Waals surface area contributed by atoms with Crippen LogP contribution in [0.1, 0.15) is 0 Å². The third kappa shape index (κ3) is 25.7. The van der Waals surface area contributed by atoms with Crippen LogP contribution in [-0.2, 0) is 109 Å². The number of rotatable bonds is 10. The Kier molecular flexibility index (Phi) is 37.1. The number of hydrogen-bond acceptors (Lipinski definition) is 19. The first-order chi connectivity index (χ1) is 70.5. The van der Waals surface area contributed by atoms with Crippen molar-refractivity contribution in [3.63, 3.8) is 0 Å². The quantitative estimate of drug-likeness (QED) is 0.0963. The predicted octanol–water partition coefficient (Wildman–Crippen LogP) is 29.4. The van der Waals surface area contributed by atoms with Crippen molar-refractivity contribution in [2.75, 3.05) is 0 Å². The molecule has 0 aliphatic carbocycles. The van der Waals surface area contributed by atoms with Gasteiger partial charge in [0.25, 0.3) is 0 Å². The molecule has 148 heavy (non-hydrogen) atoms. The van der Waals surface area contributed by atoms with Crippen LogP contribution in [0.15, 0.2) is 479 Å². The van der Waals surface area contributed by atoms with Crippen LogP contribution in [-0.4, -0.2) is 54.8 Å². The van der Waals surface area contributed by atoms with Crippen LogP contribution in [0.2, 0.25) is 0 Å². The van der Waals surface area contributed by atoms with E-state index in [1.165, 1.54) is 40.4 Å². The Morgan fingerprint density at radius 1 is 0.331 bits per heavy atom. The minimum Gasteiger partial charge on any atom is -0.872 e. The molecule has 0 fully saturated rings. The maximum absolute atomic E-state index is 13.1. The van der Waals surface area contributed by atoms with Crippen molar-refractivity contribution in [1.29, 1.82) is 0 Å². The molecule has 8 heterocycles. The summed E-state index contributed by atoms with van der Waals surface area (Å²) in [5, 5.41) is 49.7. The van der Waals surface area contributed by atoms with E-state index in [1.807, 2.05) is 328 Å². The van der Waals surface area contributed by atoms with Crippen molar-refractivity contribution in [1.82, 2.24) is 34.5 Å². The molecule has 26 aromatic rings. The van der Waals surface area contributed by atoms with Crippen LogP contribution >= 0.6 is 45.3 Å². The van der Waals surface area contributed by atoms with Crippen molar-refractivity contribution < 1.29 is 102 Å². The molecule has 8 aromatic heterocycles. The maximum Gasteiger partial charge on any atom is 2.00 e. The SMILES string of the molecule is Fc1ccc(-c2ccc([S-])c(-c3nc4ccccc4s3)c2)cc1.Fc1ccc(-c2ccc([S-])c(-c3nc4ccccc4s3)c2)cc1.Oc1ccccc1-c1nc2ccccc2n1-c1ccccc1.Oc1ccccc1-c1nc2ccccc2s1.[Be+2].[O-]c1cccc2ccc[nH+]c12.[O-]c1ccccc1-c1[nH+]c2ccccc2o1.[S-]c1ccccc1-c1nc2ccccc2s1.[S-]c1ccccc1-c1nccc2ccccc12.[Zn+2].[Zn+2].[Zn]. The van der Waals surface area contributed by atoms with E-state index >= 15 is 0 Å². The molecule has 0 radical (unpaired) electrons. The second-order valence-corrected chi connectivity index (χ2v) is 38.2. The van der Waals surface area contributed by atoms with Crippen LogP contribution in [0.4, 0.5) is 8.78 Å². The van der Waals surface area contributed by atoms with Gasteiger partial charge < -0.3 is 75.4 Å². The summed E-state index contributed by atoms with van der Waals surface area (Å²) in [6.07, 6.45) is 3.59. The van der Waals surface area contributed by atoms with Crippen LogP contribution in [0.5, 0.6) is 23.0 Å². The molecule has 4 N–H and O–H groups in total. The summed E-state index contributed by atoms with van der Waals surface area (Å²) >= 11 is 28.2. The van der Waals surface area contributed by atoms with Gasteiger partial charge >= 0.3 is 55.0 Å². The summed E-state index contributed by atoms with van der Waals surface area (Å²) in [4.78, 5) is 36.9.